The molecule has 18 heavy (non-hydrogen) atoms. The Hall–Kier alpha value is -1.61. The summed E-state index contributed by atoms with van der Waals surface area (Å²) in [4.78, 5) is 35.6. The van der Waals surface area contributed by atoms with E-state index in [1.807, 2.05) is 4.90 Å². The fourth-order valence-electron chi connectivity index (χ4n) is 2.53. The van der Waals surface area contributed by atoms with Crippen LogP contribution in [0, 0.1) is 11.3 Å². The van der Waals surface area contributed by atoms with Gasteiger partial charge in [-0.25, -0.2) is 4.79 Å². The van der Waals surface area contributed by atoms with Crippen LogP contribution in [0.15, 0.2) is 6.08 Å². The third-order valence-corrected chi connectivity index (χ3v) is 4.06. The molecule has 5 heteroatoms. The summed E-state index contributed by atoms with van der Waals surface area (Å²) in [6.45, 7) is 1.12. The van der Waals surface area contributed by atoms with Gasteiger partial charge in [0, 0.05) is 25.1 Å². The van der Waals surface area contributed by atoms with E-state index in [4.69, 9.17) is 5.73 Å². The van der Waals surface area contributed by atoms with Gasteiger partial charge in [-0.3, -0.25) is 9.59 Å². The van der Waals surface area contributed by atoms with Gasteiger partial charge in [-0.05, 0) is 32.1 Å². The van der Waals surface area contributed by atoms with Gasteiger partial charge in [0.15, 0.2) is 0 Å². The van der Waals surface area contributed by atoms with E-state index in [2.05, 4.69) is 0 Å². The largest absolute Gasteiger partial charge is 0.369 e. The molecule has 2 aliphatic rings. The van der Waals surface area contributed by atoms with E-state index >= 15 is 0 Å². The molecule has 1 saturated carbocycles. The second kappa shape index (κ2) is 4.94. The molecule has 1 aliphatic heterocycles. The molecule has 0 bridgehead atoms. The minimum absolute atomic E-state index is 0.207. The number of nitrogens with zero attached hydrogens (tertiary/aromatic N) is 1. The maximum absolute atomic E-state index is 11.9. The summed E-state index contributed by atoms with van der Waals surface area (Å²) >= 11 is 0. The number of hydrogen-bond acceptors (Lipinski definition) is 3. The number of primary amides is 1. The van der Waals surface area contributed by atoms with E-state index < -0.39 is 5.41 Å². The zero-order valence-corrected chi connectivity index (χ0v) is 10.4. The number of nitrogens with two attached hydrogens (primary N) is 1. The molecule has 98 valence electrons. The fourth-order valence-corrected chi connectivity index (χ4v) is 2.53. The van der Waals surface area contributed by atoms with Crippen molar-refractivity contribution in [3.63, 3.8) is 0 Å². The van der Waals surface area contributed by atoms with Gasteiger partial charge in [-0.1, -0.05) is 0 Å². The lowest BCUT2D eigenvalue weighted by atomic mass is 9.75. The summed E-state index contributed by atoms with van der Waals surface area (Å²) in [5.74, 6) is 1.73. The minimum Gasteiger partial charge on any atom is -0.369 e. The van der Waals surface area contributed by atoms with Crippen LogP contribution in [-0.2, 0) is 14.4 Å². The highest BCUT2D eigenvalue weighted by Gasteiger charge is 2.42. The van der Waals surface area contributed by atoms with Crippen LogP contribution in [0.1, 0.15) is 32.1 Å². The molecule has 2 rings (SSSR count). The van der Waals surface area contributed by atoms with Crippen molar-refractivity contribution in [2.75, 3.05) is 13.1 Å². The molecular formula is C13H18N2O3. The highest BCUT2D eigenvalue weighted by Crippen LogP contribution is 2.37. The number of rotatable bonds is 4. The van der Waals surface area contributed by atoms with Crippen molar-refractivity contribution in [1.82, 2.24) is 4.90 Å². The lowest BCUT2D eigenvalue weighted by Crippen LogP contribution is -2.49. The molecule has 1 saturated heterocycles. The van der Waals surface area contributed by atoms with Crippen molar-refractivity contribution in [2.24, 2.45) is 17.1 Å². The lowest BCUT2D eigenvalue weighted by Gasteiger charge is -2.39. The average Bonchev–Trinajstić information content (AvgIpc) is 3.20. The highest BCUT2D eigenvalue weighted by atomic mass is 16.2. The third-order valence-electron chi connectivity index (χ3n) is 4.06. The molecule has 0 aromatic rings. The Morgan fingerprint density at radius 1 is 1.33 bits per heavy atom. The van der Waals surface area contributed by atoms with Gasteiger partial charge in [-0.15, -0.1) is 0 Å². The molecule has 0 unspecified atom stereocenters. The van der Waals surface area contributed by atoms with Crippen LogP contribution >= 0.6 is 0 Å². The quantitative estimate of drug-likeness (QED) is 0.727. The summed E-state index contributed by atoms with van der Waals surface area (Å²) in [7, 11) is 0. The van der Waals surface area contributed by atoms with Crippen molar-refractivity contribution in [2.45, 2.75) is 32.1 Å². The Kier molecular flexibility index (Phi) is 3.53. The Labute approximate surface area is 106 Å². The topological polar surface area (TPSA) is 80.5 Å². The number of carbonyl (C=O) groups excluding carboxylic acids is 3. The van der Waals surface area contributed by atoms with E-state index in [9.17, 15) is 14.4 Å². The van der Waals surface area contributed by atoms with Gasteiger partial charge in [0.1, 0.15) is 5.94 Å². The summed E-state index contributed by atoms with van der Waals surface area (Å²) in [6.07, 6.45) is 4.72. The van der Waals surface area contributed by atoms with E-state index in [1.54, 1.807) is 5.94 Å². The van der Waals surface area contributed by atoms with Gasteiger partial charge in [-0.2, -0.15) is 0 Å². The molecule has 1 aliphatic carbocycles. The first-order valence-electron chi connectivity index (χ1n) is 6.37. The van der Waals surface area contributed by atoms with Crippen molar-refractivity contribution in [3.05, 3.63) is 6.08 Å². The second-order valence-corrected chi connectivity index (χ2v) is 5.27. The predicted molar refractivity (Wildman–Crippen MR) is 65.0 cm³/mol. The molecule has 5 nitrogen and oxygen atoms in total. The number of likely N-dealkylation sites (tertiary alicyclic amines) is 1. The Bertz CT molecular complexity index is 400. The normalized spacial score (nSPS) is 22.1. The predicted octanol–water partition coefficient (Wildman–Crippen LogP) is 0.268. The summed E-state index contributed by atoms with van der Waals surface area (Å²) in [5, 5.41) is 0. The molecule has 2 N–H and O–H groups in total. The van der Waals surface area contributed by atoms with Crippen LogP contribution in [0.25, 0.3) is 0 Å². The highest BCUT2D eigenvalue weighted by molar-refractivity contribution is 5.83. The van der Waals surface area contributed by atoms with Crippen molar-refractivity contribution < 1.29 is 14.4 Å². The van der Waals surface area contributed by atoms with Gasteiger partial charge in [0.2, 0.25) is 11.8 Å². The van der Waals surface area contributed by atoms with Crippen LogP contribution < -0.4 is 5.73 Å². The van der Waals surface area contributed by atoms with Gasteiger partial charge in [0.05, 0.1) is 5.41 Å². The molecule has 0 aromatic carbocycles. The molecule has 0 aromatic heterocycles. The molecule has 2 amide bonds. The first kappa shape index (κ1) is 12.8. The summed E-state index contributed by atoms with van der Waals surface area (Å²) < 4.78 is 0. The maximum atomic E-state index is 11.9. The molecule has 0 atom stereocenters. The van der Waals surface area contributed by atoms with E-state index in [-0.39, 0.29) is 17.7 Å². The van der Waals surface area contributed by atoms with Crippen LogP contribution in [0.4, 0.5) is 0 Å². The Balaban J connectivity index is 1.98. The average molecular weight is 250 g/mol. The number of allylic oxidation sites excluding steroid dienone is 1. The standard InChI is InChI=1S/C13H18N2O3/c14-12(18)13(4-1-9-16)5-7-15(8-6-13)11(17)10-2-3-10/h1,10H,2-8H2,(H2,14,18). The zero-order valence-electron chi connectivity index (χ0n) is 10.4. The summed E-state index contributed by atoms with van der Waals surface area (Å²) in [5.41, 5.74) is 4.78. The molecule has 2 fully saturated rings. The van der Waals surface area contributed by atoms with Crippen LogP contribution in [0.2, 0.25) is 0 Å². The number of amides is 2. The van der Waals surface area contributed by atoms with Crippen molar-refractivity contribution in [3.8, 4) is 0 Å². The molecular weight excluding hydrogens is 232 g/mol. The van der Waals surface area contributed by atoms with Gasteiger partial charge in [0.25, 0.3) is 0 Å². The SMILES string of the molecule is NC(=O)C1(CC=C=O)CCN(C(=O)C2CC2)CC1. The van der Waals surface area contributed by atoms with Crippen LogP contribution in [-0.4, -0.2) is 35.7 Å². The van der Waals surface area contributed by atoms with Crippen molar-refractivity contribution >= 4 is 17.8 Å². The second-order valence-electron chi connectivity index (χ2n) is 5.27. The Morgan fingerprint density at radius 3 is 2.39 bits per heavy atom. The number of carbonyl (C=O) groups is 2. The zero-order chi connectivity index (χ0) is 13.2. The van der Waals surface area contributed by atoms with E-state index in [0.29, 0.717) is 32.4 Å². The molecule has 1 heterocycles. The first-order chi connectivity index (χ1) is 8.59. The van der Waals surface area contributed by atoms with Gasteiger partial charge < -0.3 is 10.6 Å². The number of hydrogen-bond donors (Lipinski definition) is 1. The Morgan fingerprint density at radius 2 is 1.94 bits per heavy atom. The lowest BCUT2D eigenvalue weighted by molar-refractivity contribution is -0.139. The monoisotopic (exact) mass is 250 g/mol. The van der Waals surface area contributed by atoms with Crippen LogP contribution in [0.3, 0.4) is 0 Å². The smallest absolute Gasteiger partial charge is 0.225 e. The van der Waals surface area contributed by atoms with E-state index in [1.165, 1.54) is 6.08 Å². The van der Waals surface area contributed by atoms with E-state index in [0.717, 1.165) is 12.8 Å². The van der Waals surface area contributed by atoms with Crippen molar-refractivity contribution in [1.29, 1.82) is 0 Å². The fraction of sp³-hybridized carbons (Fsp3) is 0.692. The minimum atomic E-state index is -0.669. The summed E-state index contributed by atoms with van der Waals surface area (Å²) in [6, 6.07) is 0. The van der Waals surface area contributed by atoms with Gasteiger partial charge >= 0.3 is 0 Å². The third kappa shape index (κ3) is 2.46. The maximum Gasteiger partial charge on any atom is 0.225 e. The molecule has 0 radical (unpaired) electrons. The van der Waals surface area contributed by atoms with Crippen LogP contribution in [0.5, 0.6) is 0 Å². The number of piperidine rings is 1. The molecule has 0 spiro atoms. The first-order valence-corrected chi connectivity index (χ1v) is 6.37.